The predicted octanol–water partition coefficient (Wildman–Crippen LogP) is 2.74. The topological polar surface area (TPSA) is 79.7 Å². The van der Waals surface area contributed by atoms with Crippen LogP contribution in [0.1, 0.15) is 32.1 Å². The minimum atomic E-state index is -0.536. The lowest BCUT2D eigenvalue weighted by atomic mass is 9.78. The molecule has 8 heteroatoms. The van der Waals surface area contributed by atoms with Gasteiger partial charge in [0.05, 0.1) is 10.6 Å². The van der Waals surface area contributed by atoms with Gasteiger partial charge in [-0.1, -0.05) is 11.6 Å². The van der Waals surface area contributed by atoms with Crippen molar-refractivity contribution in [2.75, 3.05) is 18.0 Å². The second-order valence-corrected chi connectivity index (χ2v) is 6.76. The molecule has 0 bridgehead atoms. The number of amides is 1. The van der Waals surface area contributed by atoms with E-state index in [0.717, 1.165) is 12.8 Å². The lowest BCUT2D eigenvalue weighted by Crippen LogP contribution is -2.61. The molecular weight excluding hydrogens is 335 g/mol. The molecule has 3 N–H and O–H groups in total. The molecule has 0 saturated carbocycles. The fraction of sp³-hybridized carbons (Fsp3) is 0.500. The molecule has 0 aromatic heterocycles. The Morgan fingerprint density at radius 2 is 2.04 bits per heavy atom. The van der Waals surface area contributed by atoms with E-state index >= 15 is 0 Å². The molecule has 0 unspecified atom stereocenters. The van der Waals surface area contributed by atoms with E-state index in [4.69, 9.17) is 22.2 Å². The Balaban J connectivity index is 1.89. The zero-order valence-corrected chi connectivity index (χ0v) is 13.9. The van der Waals surface area contributed by atoms with Gasteiger partial charge in [0.1, 0.15) is 5.82 Å². The van der Waals surface area contributed by atoms with Crippen LogP contribution in [0.25, 0.3) is 0 Å². The highest BCUT2D eigenvalue weighted by Gasteiger charge is 2.45. The number of guanidine groups is 1. The third-order valence-corrected chi connectivity index (χ3v) is 5.34. The van der Waals surface area contributed by atoms with Gasteiger partial charge in [0.25, 0.3) is 0 Å². The van der Waals surface area contributed by atoms with Gasteiger partial charge in [-0.25, -0.2) is 9.87 Å². The molecular formula is C16H20ClFN4O2. The minimum Gasteiger partial charge on any atom is -0.341 e. The van der Waals surface area contributed by atoms with Gasteiger partial charge in [-0.2, -0.15) is 0 Å². The average molecular weight is 355 g/mol. The zero-order chi connectivity index (χ0) is 17.3. The van der Waals surface area contributed by atoms with E-state index in [9.17, 15) is 9.18 Å². The maximum absolute atomic E-state index is 13.9. The maximum Gasteiger partial charge on any atom is 0.227 e. The van der Waals surface area contributed by atoms with E-state index in [1.54, 1.807) is 15.9 Å². The van der Waals surface area contributed by atoms with E-state index < -0.39 is 5.82 Å². The van der Waals surface area contributed by atoms with Crippen LogP contribution in [0.2, 0.25) is 5.02 Å². The van der Waals surface area contributed by atoms with E-state index in [-0.39, 0.29) is 22.4 Å². The van der Waals surface area contributed by atoms with Crippen molar-refractivity contribution >= 4 is 29.2 Å². The molecule has 0 radical (unpaired) electrons. The SMILES string of the molecule is N=C(NO)N1CCC2(CCCC(=O)N2c2ccc(Cl)c(F)c2)CC1. The average Bonchev–Trinajstić information content (AvgIpc) is 2.58. The third kappa shape index (κ3) is 2.93. The summed E-state index contributed by atoms with van der Waals surface area (Å²) in [7, 11) is 0. The molecule has 24 heavy (non-hydrogen) atoms. The lowest BCUT2D eigenvalue weighted by Gasteiger charge is -2.51. The number of rotatable bonds is 1. The van der Waals surface area contributed by atoms with Gasteiger partial charge in [-0.3, -0.25) is 15.4 Å². The number of hydrogen-bond acceptors (Lipinski definition) is 3. The molecule has 1 spiro atoms. The van der Waals surface area contributed by atoms with Crippen molar-refractivity contribution in [1.82, 2.24) is 10.4 Å². The summed E-state index contributed by atoms with van der Waals surface area (Å²) in [5.74, 6) is -0.589. The van der Waals surface area contributed by atoms with Crippen molar-refractivity contribution in [3.63, 3.8) is 0 Å². The molecule has 1 amide bonds. The summed E-state index contributed by atoms with van der Waals surface area (Å²) in [6.07, 6.45) is 3.42. The molecule has 1 aromatic carbocycles. The number of nitrogens with zero attached hydrogens (tertiary/aromatic N) is 2. The largest absolute Gasteiger partial charge is 0.341 e. The minimum absolute atomic E-state index is 0.00761. The molecule has 3 rings (SSSR count). The van der Waals surface area contributed by atoms with Crippen molar-refractivity contribution in [3.8, 4) is 0 Å². The Morgan fingerprint density at radius 3 is 2.67 bits per heavy atom. The molecule has 0 aliphatic carbocycles. The van der Waals surface area contributed by atoms with Crippen LogP contribution >= 0.6 is 11.6 Å². The van der Waals surface area contributed by atoms with Crippen LogP contribution in [0.15, 0.2) is 18.2 Å². The Hall–Kier alpha value is -1.86. The van der Waals surface area contributed by atoms with Gasteiger partial charge >= 0.3 is 0 Å². The van der Waals surface area contributed by atoms with Crippen LogP contribution in [0.3, 0.4) is 0 Å². The van der Waals surface area contributed by atoms with Crippen molar-refractivity contribution in [3.05, 3.63) is 29.0 Å². The number of hydroxylamine groups is 1. The number of nitrogens with one attached hydrogen (secondary N) is 2. The molecule has 0 atom stereocenters. The number of carbonyl (C=O) groups excluding carboxylic acids is 1. The number of carbonyl (C=O) groups is 1. The first kappa shape index (κ1) is 17.0. The molecule has 2 heterocycles. The summed E-state index contributed by atoms with van der Waals surface area (Å²) in [6.45, 7) is 1.10. The molecule has 2 aliphatic heterocycles. The van der Waals surface area contributed by atoms with Crippen LogP contribution in [-0.4, -0.2) is 40.6 Å². The van der Waals surface area contributed by atoms with Crippen molar-refractivity contribution in [2.45, 2.75) is 37.6 Å². The second kappa shape index (κ2) is 6.57. The normalized spacial score (nSPS) is 20.4. The van der Waals surface area contributed by atoms with Crippen LogP contribution in [0, 0.1) is 11.2 Å². The first-order valence-electron chi connectivity index (χ1n) is 7.98. The molecule has 2 aliphatic rings. The van der Waals surface area contributed by atoms with Gasteiger partial charge in [0.2, 0.25) is 11.9 Å². The first-order valence-corrected chi connectivity index (χ1v) is 8.36. The van der Waals surface area contributed by atoms with Gasteiger partial charge in [0.15, 0.2) is 0 Å². The fourth-order valence-corrected chi connectivity index (χ4v) is 3.91. The van der Waals surface area contributed by atoms with Crippen LogP contribution < -0.4 is 10.4 Å². The van der Waals surface area contributed by atoms with Gasteiger partial charge < -0.3 is 9.80 Å². The number of piperidine rings is 2. The summed E-state index contributed by atoms with van der Waals surface area (Å²) in [6, 6.07) is 4.47. The Morgan fingerprint density at radius 1 is 1.33 bits per heavy atom. The summed E-state index contributed by atoms with van der Waals surface area (Å²) < 4.78 is 13.9. The quantitative estimate of drug-likeness (QED) is 0.411. The first-order chi connectivity index (χ1) is 11.5. The van der Waals surface area contributed by atoms with E-state index in [2.05, 4.69) is 0 Å². The highest BCUT2D eigenvalue weighted by molar-refractivity contribution is 6.30. The maximum atomic E-state index is 13.9. The van der Waals surface area contributed by atoms with Gasteiger partial charge in [-0.05, 0) is 43.9 Å². The number of halogens is 2. The summed E-state index contributed by atoms with van der Waals surface area (Å²) >= 11 is 5.76. The molecule has 2 saturated heterocycles. The van der Waals surface area contributed by atoms with E-state index in [1.807, 2.05) is 5.48 Å². The molecule has 1 aromatic rings. The zero-order valence-electron chi connectivity index (χ0n) is 13.2. The summed E-state index contributed by atoms with van der Waals surface area (Å²) in [4.78, 5) is 16.1. The summed E-state index contributed by atoms with van der Waals surface area (Å²) in [5.41, 5.74) is 2.02. The second-order valence-electron chi connectivity index (χ2n) is 6.35. The van der Waals surface area contributed by atoms with Gasteiger partial charge in [-0.15, -0.1) is 0 Å². The van der Waals surface area contributed by atoms with Crippen molar-refractivity contribution in [1.29, 1.82) is 5.41 Å². The molecule has 2 fully saturated rings. The summed E-state index contributed by atoms with van der Waals surface area (Å²) in [5, 5.41) is 16.6. The number of anilines is 1. The fourth-order valence-electron chi connectivity index (χ4n) is 3.79. The van der Waals surface area contributed by atoms with Crippen LogP contribution in [0.4, 0.5) is 10.1 Å². The predicted molar refractivity (Wildman–Crippen MR) is 88.9 cm³/mol. The Labute approximate surface area is 144 Å². The lowest BCUT2D eigenvalue weighted by molar-refractivity contribution is -0.122. The Bertz CT molecular complexity index is 661. The standard InChI is InChI=1S/C16H20ClFN4O2/c17-12-4-3-11(10-13(12)18)22-14(23)2-1-5-16(22)6-8-21(9-7-16)15(19)20-24/h3-4,10,24H,1-2,5-9H2,(H2,19,20). The Kier molecular flexibility index (Phi) is 4.64. The smallest absolute Gasteiger partial charge is 0.227 e. The third-order valence-electron chi connectivity index (χ3n) is 5.03. The number of likely N-dealkylation sites (tertiary alicyclic amines) is 1. The van der Waals surface area contributed by atoms with Crippen LogP contribution in [0.5, 0.6) is 0 Å². The molecule has 130 valence electrons. The molecule has 6 nitrogen and oxygen atoms in total. The van der Waals surface area contributed by atoms with E-state index in [1.165, 1.54) is 12.1 Å². The van der Waals surface area contributed by atoms with Crippen molar-refractivity contribution < 1.29 is 14.4 Å². The highest BCUT2D eigenvalue weighted by Crippen LogP contribution is 2.41. The number of benzene rings is 1. The number of hydrogen-bond donors (Lipinski definition) is 3. The van der Waals surface area contributed by atoms with Gasteiger partial charge in [0, 0.05) is 25.2 Å². The van der Waals surface area contributed by atoms with Crippen LogP contribution in [-0.2, 0) is 4.79 Å². The van der Waals surface area contributed by atoms with Crippen molar-refractivity contribution in [2.24, 2.45) is 0 Å². The monoisotopic (exact) mass is 354 g/mol. The highest BCUT2D eigenvalue weighted by atomic mass is 35.5. The van der Waals surface area contributed by atoms with E-state index in [0.29, 0.717) is 38.0 Å².